The molecular formula is C87H105N31O12. The van der Waals surface area contributed by atoms with Crippen LogP contribution in [0, 0.1) is 0 Å². The van der Waals surface area contributed by atoms with Crippen molar-refractivity contribution in [3.05, 3.63) is 152 Å². The summed E-state index contributed by atoms with van der Waals surface area (Å²) in [4.78, 5) is 146. The van der Waals surface area contributed by atoms with E-state index in [1.165, 1.54) is 46.1 Å². The van der Waals surface area contributed by atoms with Crippen LogP contribution < -0.4 is 82.7 Å². The van der Waals surface area contributed by atoms with E-state index in [0.717, 1.165) is 32.1 Å². The first-order valence-corrected chi connectivity index (χ1v) is 41.6. The van der Waals surface area contributed by atoms with Crippen LogP contribution in [0.1, 0.15) is 162 Å². The highest BCUT2D eigenvalue weighted by Crippen LogP contribution is 2.42. The molecule has 130 heavy (non-hydrogen) atoms. The number of anilines is 12. The second kappa shape index (κ2) is 43.7. The lowest BCUT2D eigenvalue weighted by molar-refractivity contribution is 0.0980. The highest BCUT2D eigenvalue weighted by molar-refractivity contribution is 6.06. The van der Waals surface area contributed by atoms with Crippen molar-refractivity contribution < 1.29 is 57.3 Å². The van der Waals surface area contributed by atoms with Crippen LogP contribution in [0.25, 0.3) is 45.6 Å². The molecule has 2 fully saturated rings. The molecule has 11 heterocycles. The minimum atomic E-state index is -0.416. The summed E-state index contributed by atoms with van der Waals surface area (Å²) in [5.41, 5.74) is 6.19. The molecule has 2 aliphatic rings. The lowest BCUT2D eigenvalue weighted by Gasteiger charge is -2.26. The van der Waals surface area contributed by atoms with Crippen LogP contribution in [0.4, 0.5) is 88.3 Å². The van der Waals surface area contributed by atoms with Crippen molar-refractivity contribution in [1.29, 1.82) is 0 Å². The van der Waals surface area contributed by atoms with Gasteiger partial charge in [0.25, 0.3) is 0 Å². The first-order valence-electron chi connectivity index (χ1n) is 41.6. The van der Waals surface area contributed by atoms with Gasteiger partial charge < -0.3 is 61.5 Å². The largest absolute Gasteiger partial charge is 0.494 e. The van der Waals surface area contributed by atoms with Crippen LogP contribution >= 0.6 is 0 Å². The predicted octanol–water partition coefficient (Wildman–Crippen LogP) is 13.5. The molecule has 12 N–H and O–H groups in total. The summed E-state index contributed by atoms with van der Waals surface area (Å²) in [6.07, 6.45) is 23.2. The number of carbonyl (C=O) groups is 8. The molecule has 0 saturated heterocycles. The fourth-order valence-electron chi connectivity index (χ4n) is 12.7. The van der Waals surface area contributed by atoms with Gasteiger partial charge in [-0.05, 0) is 97.1 Å². The Hall–Kier alpha value is -16.0. The Balaban J connectivity index is 0.000000168. The fourth-order valence-corrected chi connectivity index (χ4v) is 12.7. The Morgan fingerprint density at radius 3 is 0.969 bits per heavy atom. The number of ketones is 4. The molecule has 8 amide bonds. The minimum absolute atomic E-state index is 0.0271. The second-order valence-corrected chi connectivity index (χ2v) is 30.8. The van der Waals surface area contributed by atoms with Gasteiger partial charge in [-0.15, -0.1) is 0 Å². The molecular weight excluding hydrogens is 1670 g/mol. The molecule has 12 aromatic rings. The second-order valence-electron chi connectivity index (χ2n) is 30.8. The number of carbonyl (C=O) groups excluding carboxylic acids is 8. The maximum atomic E-state index is 12.5. The summed E-state index contributed by atoms with van der Waals surface area (Å²) >= 11 is 0. The van der Waals surface area contributed by atoms with E-state index in [2.05, 4.69) is 139 Å². The van der Waals surface area contributed by atoms with Crippen molar-refractivity contribution in [2.45, 2.75) is 144 Å². The normalized spacial score (nSPS) is 12.0. The number of nitrogens with zero attached hydrogens (tertiary/aromatic N) is 19. The number of pyridine rings is 7. The van der Waals surface area contributed by atoms with E-state index in [-0.39, 0.29) is 71.6 Å². The van der Waals surface area contributed by atoms with Crippen molar-refractivity contribution in [3.8, 4) is 68.5 Å². The molecule has 2 aliphatic carbocycles. The molecule has 0 bridgehead atoms. The third kappa shape index (κ3) is 25.2. The lowest BCUT2D eigenvalue weighted by atomic mass is 9.93. The number of urea groups is 4. The molecule has 11 aromatic heterocycles. The van der Waals surface area contributed by atoms with Crippen molar-refractivity contribution in [1.82, 2.24) is 115 Å². The van der Waals surface area contributed by atoms with E-state index in [1.807, 2.05) is 52.8 Å². The van der Waals surface area contributed by atoms with Gasteiger partial charge in [0.1, 0.15) is 48.6 Å². The molecule has 2 saturated carbocycles. The van der Waals surface area contributed by atoms with Crippen LogP contribution in [0.15, 0.2) is 129 Å². The zero-order chi connectivity index (χ0) is 93.5. The summed E-state index contributed by atoms with van der Waals surface area (Å²) in [6, 6.07) is 16.1. The number of rotatable bonds is 31. The minimum Gasteiger partial charge on any atom is -0.494 e. The summed E-state index contributed by atoms with van der Waals surface area (Å²) in [5, 5.41) is 52.2. The van der Waals surface area contributed by atoms with Crippen LogP contribution in [0.5, 0.6) is 23.0 Å². The van der Waals surface area contributed by atoms with Crippen molar-refractivity contribution in [3.63, 3.8) is 0 Å². The van der Waals surface area contributed by atoms with Crippen molar-refractivity contribution >= 4 is 116 Å². The third-order valence-corrected chi connectivity index (χ3v) is 19.3. The van der Waals surface area contributed by atoms with Gasteiger partial charge in [-0.25, -0.2) is 74.0 Å². The molecule has 680 valence electrons. The number of benzene rings is 1. The van der Waals surface area contributed by atoms with Crippen LogP contribution in [0.3, 0.4) is 0 Å². The summed E-state index contributed by atoms with van der Waals surface area (Å²) in [7, 11) is 13.2. The molecule has 14 rings (SSSR count). The number of para-hydroxylation sites is 1. The smallest absolute Gasteiger partial charge is 0.320 e. The maximum Gasteiger partial charge on any atom is 0.320 e. The first kappa shape index (κ1) is 94.7. The average Bonchev–Trinajstić information content (AvgIpc) is 1.30. The van der Waals surface area contributed by atoms with E-state index in [1.54, 1.807) is 168 Å². The van der Waals surface area contributed by atoms with Crippen LogP contribution in [0.2, 0.25) is 0 Å². The van der Waals surface area contributed by atoms with Gasteiger partial charge in [0.15, 0.2) is 86.9 Å². The molecule has 43 nitrogen and oxygen atoms in total. The van der Waals surface area contributed by atoms with Gasteiger partial charge in [0, 0.05) is 145 Å². The number of hydrogen-bond donors (Lipinski definition) is 12. The van der Waals surface area contributed by atoms with E-state index < -0.39 is 11.6 Å². The zero-order valence-corrected chi connectivity index (χ0v) is 75.1. The molecule has 1 aromatic carbocycles. The van der Waals surface area contributed by atoms with E-state index in [4.69, 9.17) is 18.9 Å². The predicted molar refractivity (Wildman–Crippen MR) is 488 cm³/mol. The SMILES string of the molecule is CCC(=O)c1cnc(NC(=O)NC(C)(C)C)cc1Nc1nccc(-c2ncn(C)n2)c1OC.CCC(=O)c1cnc(NC(=O)NC(C)C)cc1Nc1cccc(-c2ncn(C)n2)c1OC.CCC(=O)c1cnc(NC(=O)NC2CC2)cc1Nc1nccc(-c2ncn(C)n2)c1OC.CCC(=O)c1cnc(NC(=O)NC2CCC2)cc1Nc1nccc(-c2ncn(C)n2)c1OC. The van der Waals surface area contributed by atoms with Gasteiger partial charge in [-0.2, -0.15) is 20.4 Å². The molecule has 43 heteroatoms. The number of ether oxygens (including phenoxy) is 4. The maximum absolute atomic E-state index is 12.5. The molecule has 0 unspecified atom stereocenters. The summed E-state index contributed by atoms with van der Waals surface area (Å²) in [5.74, 6) is 5.64. The average molecular weight is 1780 g/mol. The van der Waals surface area contributed by atoms with Gasteiger partial charge in [-0.3, -0.25) is 59.2 Å². The van der Waals surface area contributed by atoms with E-state index in [9.17, 15) is 38.4 Å². The summed E-state index contributed by atoms with van der Waals surface area (Å²) in [6.45, 7) is 16.4. The molecule has 0 atom stereocenters. The number of hydrogen-bond acceptors (Lipinski definition) is 31. The topological polar surface area (TPSA) is 531 Å². The fraction of sp³-hybridized carbons (Fsp3) is 0.345. The highest BCUT2D eigenvalue weighted by Gasteiger charge is 2.28. The number of nitrogens with one attached hydrogen (secondary N) is 12. The van der Waals surface area contributed by atoms with Crippen LogP contribution in [-0.2, 0) is 28.2 Å². The number of aryl methyl sites for hydroxylation is 4. The van der Waals surface area contributed by atoms with Crippen molar-refractivity contribution in [2.24, 2.45) is 28.2 Å². The molecule has 0 radical (unpaired) electrons. The Morgan fingerprint density at radius 1 is 0.385 bits per heavy atom. The van der Waals surface area contributed by atoms with Gasteiger partial charge >= 0.3 is 24.1 Å². The lowest BCUT2D eigenvalue weighted by Crippen LogP contribution is -2.43. The number of aromatic nitrogens is 19. The Bertz CT molecular complexity index is 5900. The van der Waals surface area contributed by atoms with Crippen molar-refractivity contribution in [2.75, 3.05) is 71.0 Å². The Labute approximate surface area is 748 Å². The standard InChI is InChI=1S/C22H26N8O3.C22H28N8O3.C22H27N7O3.C21H24N8O3/c1-4-17(31)15-11-24-18(28-22(32)26-13-6-5-7-13)10-16(15)27-21-19(33-3)14(8-9-23-21)20-25-12-30(2)29-20;1-7-16(31)14-11-24-17(27-21(32)28-22(2,3)4)10-15(14)26-20-18(33-6)13(8-9-23-20)19-25-12-30(5)29-19;1-6-18(30)15-11-23-19(27-22(31)25-13(2)3)10-17(15)26-16-9-7-8-14(20(16)32-5)21-24-12-29(4)28-21;1-4-16(30)14-10-23-17(27-21(31)25-12-5-6-12)9-15(14)26-20-18(32-3)13(7-8-22-20)19-24-11-29(2)28-19/h8-13H,4-7H2,1-3H3,(H3,23,24,26,27,28,32);8-12H,7H2,1-6H3,(H3,23,24,26,27,28,32);7-13H,6H2,1-5H3,(H3,23,25,26,27,31);7-12H,4-6H2,1-3H3,(H3,22,23,25,26,27,31). The van der Waals surface area contributed by atoms with E-state index in [0.29, 0.717) is 173 Å². The summed E-state index contributed by atoms with van der Waals surface area (Å²) < 4.78 is 28.8. The van der Waals surface area contributed by atoms with Gasteiger partial charge in [0.05, 0.1) is 101 Å². The first-order chi connectivity index (χ1) is 62.4. The third-order valence-electron chi connectivity index (χ3n) is 19.3. The highest BCUT2D eigenvalue weighted by atomic mass is 16.5. The number of Topliss-reactive ketones (excluding diaryl/α,β-unsaturated/α-hetero) is 4. The van der Waals surface area contributed by atoms with Gasteiger partial charge in [-0.1, -0.05) is 33.8 Å². The quantitative estimate of drug-likeness (QED) is 0.0180. The van der Waals surface area contributed by atoms with Crippen LogP contribution in [-0.4, -0.2) is 193 Å². The Kier molecular flexibility index (Phi) is 31.9. The monoisotopic (exact) mass is 1780 g/mol. The van der Waals surface area contributed by atoms with Gasteiger partial charge in [0.2, 0.25) is 0 Å². The Morgan fingerprint density at radius 2 is 0.692 bits per heavy atom. The number of methoxy groups -OCH3 is 4. The van der Waals surface area contributed by atoms with E-state index >= 15 is 0 Å². The molecule has 0 spiro atoms. The zero-order valence-electron chi connectivity index (χ0n) is 75.1. The number of amides is 8. The molecule has 0 aliphatic heterocycles.